The quantitative estimate of drug-likeness (QED) is 0.734. The van der Waals surface area contributed by atoms with Gasteiger partial charge in [-0.3, -0.25) is 14.6 Å². The zero-order chi connectivity index (χ0) is 19.6. The van der Waals surface area contributed by atoms with Crippen LogP contribution in [0.2, 0.25) is 0 Å². The van der Waals surface area contributed by atoms with Gasteiger partial charge in [-0.1, -0.05) is 25.5 Å². The lowest BCUT2D eigenvalue weighted by Crippen LogP contribution is -2.44. The van der Waals surface area contributed by atoms with Crippen LogP contribution in [0.25, 0.3) is 0 Å². The van der Waals surface area contributed by atoms with Crippen LogP contribution in [-0.4, -0.2) is 45.9 Å². The minimum absolute atomic E-state index is 0.0775. The molecule has 0 bridgehead atoms. The molecule has 2 rings (SSSR count). The largest absolute Gasteiger partial charge is 0.484 e. The summed E-state index contributed by atoms with van der Waals surface area (Å²) in [5.74, 6) is 0.399. The fourth-order valence-electron chi connectivity index (χ4n) is 2.53. The van der Waals surface area contributed by atoms with E-state index in [9.17, 15) is 9.59 Å². The van der Waals surface area contributed by atoms with E-state index in [1.807, 2.05) is 38.1 Å². The second-order valence-corrected chi connectivity index (χ2v) is 6.44. The lowest BCUT2D eigenvalue weighted by Gasteiger charge is -2.26. The molecule has 7 heteroatoms. The number of carbonyl (C=O) groups is 2. The summed E-state index contributed by atoms with van der Waals surface area (Å²) in [6.07, 6.45) is 6.55. The molecule has 144 valence electrons. The fraction of sp³-hybridized carbons (Fsp3) is 0.400. The molecule has 0 saturated heterocycles. The normalized spacial score (nSPS) is 10.5. The monoisotopic (exact) mass is 370 g/mol. The summed E-state index contributed by atoms with van der Waals surface area (Å²) < 4.78 is 5.59. The zero-order valence-electron chi connectivity index (χ0n) is 16.0. The van der Waals surface area contributed by atoms with E-state index in [2.05, 4.69) is 22.2 Å². The molecule has 0 atom stereocenters. The van der Waals surface area contributed by atoms with Crippen molar-refractivity contribution in [3.63, 3.8) is 0 Å². The summed E-state index contributed by atoms with van der Waals surface area (Å²) in [5.41, 5.74) is 1.24. The smallest absolute Gasteiger partial charge is 0.261 e. The third-order valence-electron chi connectivity index (χ3n) is 3.91. The number of aromatic nitrogens is 2. The number of rotatable bonds is 9. The first-order valence-corrected chi connectivity index (χ1v) is 9.06. The van der Waals surface area contributed by atoms with Gasteiger partial charge >= 0.3 is 0 Å². The standard InChI is InChI=1S/C20H26N4O3/c1-4-5-16-6-8-17(9-7-16)27-14-20(26)24(15(2)3)13-19(25)23-18-12-21-10-11-22-18/h6-12,15H,4-5,13-14H2,1-3H3,(H,22,23,25). The highest BCUT2D eigenvalue weighted by Crippen LogP contribution is 2.14. The molecular formula is C20H26N4O3. The van der Waals surface area contributed by atoms with E-state index >= 15 is 0 Å². The van der Waals surface area contributed by atoms with Gasteiger partial charge in [-0.2, -0.15) is 0 Å². The number of carbonyl (C=O) groups excluding carboxylic acids is 2. The first-order chi connectivity index (χ1) is 13.0. The van der Waals surface area contributed by atoms with Gasteiger partial charge in [-0.05, 0) is 38.0 Å². The summed E-state index contributed by atoms with van der Waals surface area (Å²) in [6, 6.07) is 7.58. The Hall–Kier alpha value is -2.96. The lowest BCUT2D eigenvalue weighted by atomic mass is 10.1. The highest BCUT2D eigenvalue weighted by atomic mass is 16.5. The molecule has 1 heterocycles. The molecular weight excluding hydrogens is 344 g/mol. The Labute approximate surface area is 159 Å². The van der Waals surface area contributed by atoms with Crippen molar-refractivity contribution < 1.29 is 14.3 Å². The van der Waals surface area contributed by atoms with E-state index in [1.54, 1.807) is 0 Å². The fourth-order valence-corrected chi connectivity index (χ4v) is 2.53. The van der Waals surface area contributed by atoms with Crippen LogP contribution in [0.4, 0.5) is 5.82 Å². The Balaban J connectivity index is 1.89. The van der Waals surface area contributed by atoms with Crippen molar-refractivity contribution in [3.8, 4) is 5.75 Å². The number of nitrogens with one attached hydrogen (secondary N) is 1. The first kappa shape index (κ1) is 20.4. The number of benzene rings is 1. The van der Waals surface area contributed by atoms with Crippen LogP contribution < -0.4 is 10.1 Å². The van der Waals surface area contributed by atoms with Crippen LogP contribution in [-0.2, 0) is 16.0 Å². The number of aryl methyl sites for hydroxylation is 1. The number of nitrogens with zero attached hydrogens (tertiary/aromatic N) is 3. The maximum Gasteiger partial charge on any atom is 0.261 e. The molecule has 0 aliphatic carbocycles. The van der Waals surface area contributed by atoms with Gasteiger partial charge in [0.1, 0.15) is 12.3 Å². The van der Waals surface area contributed by atoms with Gasteiger partial charge in [0.15, 0.2) is 12.4 Å². The van der Waals surface area contributed by atoms with Gasteiger partial charge in [0.25, 0.3) is 5.91 Å². The van der Waals surface area contributed by atoms with Crippen molar-refractivity contribution in [2.75, 3.05) is 18.5 Å². The van der Waals surface area contributed by atoms with Gasteiger partial charge in [-0.15, -0.1) is 0 Å². The predicted octanol–water partition coefficient (Wildman–Crippen LogP) is 2.68. The molecule has 1 N–H and O–H groups in total. The second-order valence-electron chi connectivity index (χ2n) is 6.44. The molecule has 0 radical (unpaired) electrons. The van der Waals surface area contributed by atoms with Crippen LogP contribution in [0.1, 0.15) is 32.8 Å². The molecule has 2 aromatic rings. The Bertz CT molecular complexity index is 733. The topological polar surface area (TPSA) is 84.4 Å². The van der Waals surface area contributed by atoms with Gasteiger partial charge in [0.05, 0.1) is 6.20 Å². The SMILES string of the molecule is CCCc1ccc(OCC(=O)N(CC(=O)Nc2cnccn2)C(C)C)cc1. The highest BCUT2D eigenvalue weighted by Gasteiger charge is 2.21. The van der Waals surface area contributed by atoms with Crippen molar-refractivity contribution in [1.82, 2.24) is 14.9 Å². The minimum atomic E-state index is -0.332. The van der Waals surface area contributed by atoms with Crippen molar-refractivity contribution in [1.29, 1.82) is 0 Å². The van der Waals surface area contributed by atoms with Crippen LogP contribution in [0, 0.1) is 0 Å². The molecule has 27 heavy (non-hydrogen) atoms. The van der Waals surface area contributed by atoms with Gasteiger partial charge in [0, 0.05) is 18.4 Å². The van der Waals surface area contributed by atoms with E-state index in [0.717, 1.165) is 12.8 Å². The number of hydrogen-bond donors (Lipinski definition) is 1. The Kier molecular flexibility index (Phi) is 7.73. The Morgan fingerprint density at radius 3 is 2.52 bits per heavy atom. The Morgan fingerprint density at radius 1 is 1.19 bits per heavy atom. The minimum Gasteiger partial charge on any atom is -0.484 e. The van der Waals surface area contributed by atoms with E-state index in [-0.39, 0.29) is 31.0 Å². The summed E-state index contributed by atoms with van der Waals surface area (Å²) in [7, 11) is 0. The van der Waals surface area contributed by atoms with Crippen molar-refractivity contribution in [2.45, 2.75) is 39.7 Å². The van der Waals surface area contributed by atoms with Crippen LogP contribution in [0.3, 0.4) is 0 Å². The molecule has 0 fully saturated rings. The summed E-state index contributed by atoms with van der Waals surface area (Å²) in [4.78, 5) is 34.0. The maximum atomic E-state index is 12.5. The molecule has 0 aliphatic rings. The molecule has 2 amide bonds. The molecule has 7 nitrogen and oxygen atoms in total. The number of amides is 2. The third-order valence-corrected chi connectivity index (χ3v) is 3.91. The summed E-state index contributed by atoms with van der Waals surface area (Å²) in [5, 5.41) is 2.63. The molecule has 0 spiro atoms. The van der Waals surface area contributed by atoms with Crippen molar-refractivity contribution in [3.05, 3.63) is 48.4 Å². The average Bonchev–Trinajstić information content (AvgIpc) is 2.66. The molecule has 0 unspecified atom stereocenters. The summed E-state index contributed by atoms with van der Waals surface area (Å²) in [6.45, 7) is 5.64. The number of ether oxygens (including phenoxy) is 1. The zero-order valence-corrected chi connectivity index (χ0v) is 16.0. The maximum absolute atomic E-state index is 12.5. The first-order valence-electron chi connectivity index (χ1n) is 9.06. The molecule has 0 saturated carbocycles. The Morgan fingerprint density at radius 2 is 1.93 bits per heavy atom. The third kappa shape index (κ3) is 6.69. The highest BCUT2D eigenvalue weighted by molar-refractivity contribution is 5.94. The summed E-state index contributed by atoms with van der Waals surface area (Å²) >= 11 is 0. The number of hydrogen-bond acceptors (Lipinski definition) is 5. The molecule has 1 aromatic carbocycles. The average molecular weight is 370 g/mol. The van der Waals surface area contributed by atoms with Crippen LogP contribution in [0.15, 0.2) is 42.9 Å². The van der Waals surface area contributed by atoms with Crippen molar-refractivity contribution >= 4 is 17.6 Å². The van der Waals surface area contributed by atoms with Crippen LogP contribution >= 0.6 is 0 Å². The van der Waals surface area contributed by atoms with Gasteiger partial charge in [-0.25, -0.2) is 4.98 Å². The van der Waals surface area contributed by atoms with Crippen molar-refractivity contribution in [2.24, 2.45) is 0 Å². The van der Waals surface area contributed by atoms with E-state index in [0.29, 0.717) is 11.6 Å². The van der Waals surface area contributed by atoms with E-state index in [1.165, 1.54) is 29.1 Å². The van der Waals surface area contributed by atoms with Crippen LogP contribution in [0.5, 0.6) is 5.75 Å². The van der Waals surface area contributed by atoms with E-state index < -0.39 is 0 Å². The van der Waals surface area contributed by atoms with E-state index in [4.69, 9.17) is 4.74 Å². The molecule has 1 aromatic heterocycles. The molecule has 0 aliphatic heterocycles. The lowest BCUT2D eigenvalue weighted by molar-refractivity contribution is -0.138. The number of anilines is 1. The predicted molar refractivity (Wildman–Crippen MR) is 103 cm³/mol. The second kappa shape index (κ2) is 10.3. The van der Waals surface area contributed by atoms with Gasteiger partial charge < -0.3 is 15.0 Å². The van der Waals surface area contributed by atoms with Gasteiger partial charge in [0.2, 0.25) is 5.91 Å².